The molecule has 0 bridgehead atoms. The molecule has 1 N–H and O–H groups in total. The van der Waals surface area contributed by atoms with Crippen LogP contribution in [0.4, 0.5) is 4.79 Å². The van der Waals surface area contributed by atoms with Crippen LogP contribution in [0.3, 0.4) is 0 Å². The SMILES string of the molecule is O=C1N=C2OC=CC2CN1COCCO. The Kier molecular flexibility index (Phi) is 2.98. The Bertz CT molecular complexity index is 313. The maximum atomic E-state index is 11.4. The molecule has 2 aliphatic heterocycles. The van der Waals surface area contributed by atoms with Crippen LogP contribution in [0.15, 0.2) is 17.3 Å². The van der Waals surface area contributed by atoms with E-state index in [4.69, 9.17) is 14.6 Å². The molecule has 6 nitrogen and oxygen atoms in total. The molecule has 15 heavy (non-hydrogen) atoms. The second-order valence-electron chi connectivity index (χ2n) is 3.27. The third-order valence-electron chi connectivity index (χ3n) is 2.19. The monoisotopic (exact) mass is 212 g/mol. The lowest BCUT2D eigenvalue weighted by atomic mass is 10.1. The van der Waals surface area contributed by atoms with Crippen LogP contribution < -0.4 is 0 Å². The first-order valence-corrected chi connectivity index (χ1v) is 4.70. The molecule has 1 unspecified atom stereocenters. The molecule has 2 rings (SSSR count). The van der Waals surface area contributed by atoms with E-state index < -0.39 is 0 Å². The van der Waals surface area contributed by atoms with Crippen molar-refractivity contribution < 1.29 is 19.4 Å². The molecule has 0 aromatic rings. The topological polar surface area (TPSA) is 71.4 Å². The average Bonchev–Trinajstić information content (AvgIpc) is 2.65. The van der Waals surface area contributed by atoms with E-state index in [0.29, 0.717) is 12.4 Å². The van der Waals surface area contributed by atoms with Gasteiger partial charge in [0.25, 0.3) is 0 Å². The summed E-state index contributed by atoms with van der Waals surface area (Å²) in [6.45, 7) is 0.834. The molecule has 0 radical (unpaired) electrons. The van der Waals surface area contributed by atoms with Gasteiger partial charge in [0.2, 0.25) is 5.90 Å². The fourth-order valence-electron chi connectivity index (χ4n) is 1.45. The van der Waals surface area contributed by atoms with Gasteiger partial charge in [0, 0.05) is 6.54 Å². The van der Waals surface area contributed by atoms with Crippen LogP contribution in [-0.4, -0.2) is 48.4 Å². The Hall–Kier alpha value is -1.40. The summed E-state index contributed by atoms with van der Waals surface area (Å²) < 4.78 is 10.1. The van der Waals surface area contributed by atoms with E-state index in [1.54, 1.807) is 0 Å². The van der Waals surface area contributed by atoms with Gasteiger partial charge in [-0.25, -0.2) is 4.79 Å². The molecule has 2 heterocycles. The molecule has 6 heteroatoms. The number of rotatable bonds is 4. The van der Waals surface area contributed by atoms with Gasteiger partial charge >= 0.3 is 6.03 Å². The molecule has 0 fully saturated rings. The van der Waals surface area contributed by atoms with Crippen molar-refractivity contribution in [2.24, 2.45) is 10.9 Å². The minimum absolute atomic E-state index is 0.0421. The summed E-state index contributed by atoms with van der Waals surface area (Å²) in [7, 11) is 0. The number of fused-ring (bicyclic) bond motifs is 1. The second-order valence-corrected chi connectivity index (χ2v) is 3.27. The molecule has 1 atom stereocenters. The van der Waals surface area contributed by atoms with Gasteiger partial charge in [-0.1, -0.05) is 0 Å². The van der Waals surface area contributed by atoms with Crippen molar-refractivity contribution in [3.05, 3.63) is 12.3 Å². The van der Waals surface area contributed by atoms with Gasteiger partial charge in [0.1, 0.15) is 6.73 Å². The van der Waals surface area contributed by atoms with E-state index in [1.807, 2.05) is 6.08 Å². The Morgan fingerprint density at radius 1 is 1.73 bits per heavy atom. The van der Waals surface area contributed by atoms with Crippen molar-refractivity contribution in [2.75, 3.05) is 26.5 Å². The third kappa shape index (κ3) is 2.16. The van der Waals surface area contributed by atoms with Crippen molar-refractivity contribution in [2.45, 2.75) is 0 Å². The third-order valence-corrected chi connectivity index (χ3v) is 2.19. The van der Waals surface area contributed by atoms with E-state index in [9.17, 15) is 4.79 Å². The minimum atomic E-state index is -0.358. The molecule has 0 aromatic heterocycles. The number of aliphatic hydroxyl groups excluding tert-OH is 1. The van der Waals surface area contributed by atoms with Gasteiger partial charge in [-0.3, -0.25) is 4.90 Å². The lowest BCUT2D eigenvalue weighted by Crippen LogP contribution is -2.41. The highest BCUT2D eigenvalue weighted by molar-refractivity contribution is 5.96. The van der Waals surface area contributed by atoms with E-state index in [2.05, 4.69) is 4.99 Å². The number of amides is 2. The van der Waals surface area contributed by atoms with Gasteiger partial charge in [0.05, 0.1) is 25.4 Å². The number of aliphatic imine (C=N–C) groups is 1. The number of hydrogen-bond acceptors (Lipinski definition) is 4. The van der Waals surface area contributed by atoms with Crippen molar-refractivity contribution in [1.29, 1.82) is 0 Å². The number of aliphatic hydroxyl groups is 1. The highest BCUT2D eigenvalue weighted by Gasteiger charge is 2.31. The lowest BCUT2D eigenvalue weighted by Gasteiger charge is -2.26. The number of carbonyl (C=O) groups is 1. The molecule has 0 aromatic carbocycles. The first-order chi connectivity index (χ1) is 7.31. The van der Waals surface area contributed by atoms with Crippen LogP contribution in [0.2, 0.25) is 0 Å². The van der Waals surface area contributed by atoms with Crippen molar-refractivity contribution in [3.8, 4) is 0 Å². The summed E-state index contributed by atoms with van der Waals surface area (Å²) in [5.74, 6) is 0.499. The van der Waals surface area contributed by atoms with Crippen molar-refractivity contribution in [3.63, 3.8) is 0 Å². The fourth-order valence-corrected chi connectivity index (χ4v) is 1.45. The van der Waals surface area contributed by atoms with E-state index in [-0.39, 0.29) is 31.9 Å². The van der Waals surface area contributed by atoms with Crippen LogP contribution in [0.5, 0.6) is 0 Å². The molecule has 0 aliphatic carbocycles. The van der Waals surface area contributed by atoms with E-state index >= 15 is 0 Å². The van der Waals surface area contributed by atoms with Crippen LogP contribution in [0, 0.1) is 5.92 Å². The van der Waals surface area contributed by atoms with Gasteiger partial charge in [-0.15, -0.1) is 0 Å². The van der Waals surface area contributed by atoms with Crippen LogP contribution in [0.25, 0.3) is 0 Å². The van der Waals surface area contributed by atoms with Gasteiger partial charge in [-0.05, 0) is 6.08 Å². The molecule has 2 aliphatic rings. The van der Waals surface area contributed by atoms with E-state index in [1.165, 1.54) is 11.2 Å². The van der Waals surface area contributed by atoms with Gasteiger partial charge < -0.3 is 14.6 Å². The largest absolute Gasteiger partial charge is 0.450 e. The zero-order valence-electron chi connectivity index (χ0n) is 8.13. The average molecular weight is 212 g/mol. The fraction of sp³-hybridized carbons (Fsp3) is 0.556. The molecule has 2 amide bonds. The highest BCUT2D eigenvalue weighted by atomic mass is 16.5. The van der Waals surface area contributed by atoms with Gasteiger partial charge in [-0.2, -0.15) is 4.99 Å². The molecular formula is C9H12N2O4. The Morgan fingerprint density at radius 3 is 3.40 bits per heavy atom. The maximum Gasteiger partial charge on any atom is 0.348 e. The zero-order valence-corrected chi connectivity index (χ0v) is 8.13. The van der Waals surface area contributed by atoms with Crippen LogP contribution in [0.1, 0.15) is 0 Å². The normalized spacial score (nSPS) is 23.8. The highest BCUT2D eigenvalue weighted by Crippen LogP contribution is 2.19. The molecular weight excluding hydrogens is 200 g/mol. The second kappa shape index (κ2) is 4.41. The quantitative estimate of drug-likeness (QED) is 0.663. The predicted octanol–water partition coefficient (Wildman–Crippen LogP) is -0.0530. The standard InChI is InChI=1S/C9H12N2O4/c12-2-4-14-6-11-5-7-1-3-15-8(7)10-9(11)13/h1,3,7,12H,2,4-6H2. The smallest absolute Gasteiger partial charge is 0.348 e. The number of urea groups is 1. The predicted molar refractivity (Wildman–Crippen MR) is 51.2 cm³/mol. The number of nitrogens with zero attached hydrogens (tertiary/aromatic N) is 2. The van der Waals surface area contributed by atoms with Crippen LogP contribution >= 0.6 is 0 Å². The first kappa shape index (κ1) is 10.1. The minimum Gasteiger partial charge on any atom is -0.450 e. The summed E-state index contributed by atoms with van der Waals surface area (Å²) in [5, 5.41) is 8.52. The molecule has 0 saturated heterocycles. The Morgan fingerprint density at radius 2 is 2.60 bits per heavy atom. The molecule has 0 saturated carbocycles. The Labute approximate surface area is 86.8 Å². The van der Waals surface area contributed by atoms with Crippen molar-refractivity contribution >= 4 is 11.9 Å². The molecule has 82 valence electrons. The summed E-state index contributed by atoms with van der Waals surface area (Å²) in [6, 6.07) is -0.358. The zero-order chi connectivity index (χ0) is 10.7. The van der Waals surface area contributed by atoms with E-state index in [0.717, 1.165) is 0 Å². The molecule has 0 spiro atoms. The summed E-state index contributed by atoms with van der Waals surface area (Å²) >= 11 is 0. The Balaban J connectivity index is 1.92. The lowest BCUT2D eigenvalue weighted by molar-refractivity contribution is 0.0270. The first-order valence-electron chi connectivity index (χ1n) is 4.70. The maximum absolute atomic E-state index is 11.4. The summed E-state index contributed by atoms with van der Waals surface area (Å²) in [5.41, 5.74) is 0. The number of carbonyl (C=O) groups excluding carboxylic acids is 1. The number of hydrogen-bond donors (Lipinski definition) is 1. The summed E-state index contributed by atoms with van der Waals surface area (Å²) in [6.07, 6.45) is 3.39. The van der Waals surface area contributed by atoms with Gasteiger partial charge in [0.15, 0.2) is 0 Å². The summed E-state index contributed by atoms with van der Waals surface area (Å²) in [4.78, 5) is 16.7. The van der Waals surface area contributed by atoms with Crippen molar-refractivity contribution in [1.82, 2.24) is 4.90 Å². The number of ether oxygens (including phenoxy) is 2. The van der Waals surface area contributed by atoms with Crippen LogP contribution in [-0.2, 0) is 9.47 Å².